The fourth-order valence-corrected chi connectivity index (χ4v) is 2.83. The lowest BCUT2D eigenvalue weighted by molar-refractivity contribution is -0.132. The van der Waals surface area contributed by atoms with Crippen LogP contribution in [0.2, 0.25) is 0 Å². The topological polar surface area (TPSA) is 72.9 Å². The van der Waals surface area contributed by atoms with E-state index in [1.165, 1.54) is 11.2 Å². The minimum atomic E-state index is -3.28. The molecule has 0 aliphatic carbocycles. The summed E-state index contributed by atoms with van der Waals surface area (Å²) < 4.78 is 35.2. The molecule has 114 valence electrons. The molecule has 1 saturated heterocycles. The van der Waals surface area contributed by atoms with Crippen LogP contribution in [-0.2, 0) is 14.8 Å². The van der Waals surface area contributed by atoms with Crippen molar-refractivity contribution >= 4 is 16.0 Å². The molecule has 0 aromatic heterocycles. The Morgan fingerprint density at radius 2 is 1.95 bits per heavy atom. The van der Waals surface area contributed by atoms with Gasteiger partial charge in [-0.1, -0.05) is 18.7 Å². The normalized spacial score (nSPS) is 19.5. The molecule has 1 aromatic carbocycles. The van der Waals surface area contributed by atoms with Crippen molar-refractivity contribution in [3.8, 4) is 11.5 Å². The second-order valence-corrected chi connectivity index (χ2v) is 6.84. The summed E-state index contributed by atoms with van der Waals surface area (Å²) in [6.45, 7) is 5.59. The van der Waals surface area contributed by atoms with Gasteiger partial charge >= 0.3 is 5.97 Å². The van der Waals surface area contributed by atoms with Crippen molar-refractivity contribution in [1.82, 2.24) is 4.31 Å². The van der Waals surface area contributed by atoms with E-state index in [0.29, 0.717) is 17.1 Å². The number of rotatable bonds is 4. The molecule has 1 atom stereocenters. The highest BCUT2D eigenvalue weighted by Gasteiger charge is 2.33. The maximum Gasteiger partial charge on any atom is 0.308 e. The zero-order valence-corrected chi connectivity index (χ0v) is 12.7. The number of benzene rings is 1. The molecule has 1 aromatic rings. The van der Waals surface area contributed by atoms with Crippen LogP contribution in [0.5, 0.6) is 11.5 Å². The second-order valence-electron chi connectivity index (χ2n) is 4.86. The van der Waals surface area contributed by atoms with E-state index in [-0.39, 0.29) is 13.1 Å². The quantitative estimate of drug-likeness (QED) is 0.474. The number of hydrogen-bond acceptors (Lipinski definition) is 5. The molecule has 0 bridgehead atoms. The Morgan fingerprint density at radius 3 is 2.48 bits per heavy atom. The van der Waals surface area contributed by atoms with E-state index in [1.54, 1.807) is 24.3 Å². The van der Waals surface area contributed by atoms with Gasteiger partial charge in [-0.3, -0.25) is 4.79 Å². The van der Waals surface area contributed by atoms with Crippen molar-refractivity contribution in [3.63, 3.8) is 0 Å². The first-order valence-electron chi connectivity index (χ1n) is 6.34. The molecule has 2 rings (SSSR count). The number of sulfonamides is 1. The third-order valence-electron chi connectivity index (χ3n) is 3.05. The van der Waals surface area contributed by atoms with Gasteiger partial charge in [-0.15, -0.1) is 0 Å². The number of nitrogens with zero attached hydrogens (tertiary/aromatic N) is 1. The predicted molar refractivity (Wildman–Crippen MR) is 77.7 cm³/mol. The third kappa shape index (κ3) is 3.83. The molecule has 0 amide bonds. The fourth-order valence-electron chi connectivity index (χ4n) is 2.02. The Morgan fingerprint density at radius 1 is 1.33 bits per heavy atom. The summed E-state index contributed by atoms with van der Waals surface area (Å²) >= 11 is 0. The number of esters is 1. The van der Waals surface area contributed by atoms with E-state index in [4.69, 9.17) is 9.47 Å². The van der Waals surface area contributed by atoms with Crippen LogP contribution >= 0.6 is 0 Å². The number of hydrogen-bond donors (Lipinski definition) is 0. The first-order valence-corrected chi connectivity index (χ1v) is 8.19. The number of carbonyl (C=O) groups excluding carboxylic acids is 1. The monoisotopic (exact) mass is 311 g/mol. The summed E-state index contributed by atoms with van der Waals surface area (Å²) in [6, 6.07) is 6.74. The van der Waals surface area contributed by atoms with Gasteiger partial charge in [0.2, 0.25) is 10.0 Å². The van der Waals surface area contributed by atoms with E-state index >= 15 is 0 Å². The molecular formula is C14H17NO5S. The van der Waals surface area contributed by atoms with Gasteiger partial charge in [0, 0.05) is 13.5 Å². The van der Waals surface area contributed by atoms with Gasteiger partial charge in [-0.2, -0.15) is 4.31 Å². The van der Waals surface area contributed by atoms with Crippen molar-refractivity contribution in [3.05, 3.63) is 36.4 Å². The highest BCUT2D eigenvalue weighted by molar-refractivity contribution is 7.88. The van der Waals surface area contributed by atoms with Gasteiger partial charge in [0.1, 0.15) is 6.10 Å². The van der Waals surface area contributed by atoms with Crippen LogP contribution in [0.15, 0.2) is 36.4 Å². The summed E-state index contributed by atoms with van der Waals surface area (Å²) in [6.07, 6.45) is 0.687. The van der Waals surface area contributed by atoms with E-state index < -0.39 is 22.1 Å². The van der Waals surface area contributed by atoms with Gasteiger partial charge in [-0.05, 0) is 17.7 Å². The molecule has 1 aliphatic heterocycles. The Balaban J connectivity index is 2.16. The van der Waals surface area contributed by atoms with Crippen LogP contribution in [0, 0.1) is 0 Å². The summed E-state index contributed by atoms with van der Waals surface area (Å²) in [5, 5.41) is 0. The van der Waals surface area contributed by atoms with Crippen molar-refractivity contribution < 1.29 is 22.7 Å². The van der Waals surface area contributed by atoms with Crippen LogP contribution in [-0.4, -0.2) is 44.1 Å². The van der Waals surface area contributed by atoms with E-state index in [0.717, 1.165) is 6.26 Å². The second kappa shape index (κ2) is 5.87. The SMILES string of the molecule is C=C1CN(S(C)(=O)=O)C[C@@H]1Oc1ccccc1OC(C)=O. The zero-order chi connectivity index (χ0) is 15.6. The molecule has 1 heterocycles. The number of carbonyl (C=O) groups is 1. The molecule has 1 fully saturated rings. The van der Waals surface area contributed by atoms with Crippen molar-refractivity contribution in [2.45, 2.75) is 13.0 Å². The maximum absolute atomic E-state index is 11.5. The summed E-state index contributed by atoms with van der Waals surface area (Å²) in [5.41, 5.74) is 0.665. The molecule has 7 heteroatoms. The van der Waals surface area contributed by atoms with Crippen molar-refractivity contribution in [1.29, 1.82) is 0 Å². The molecule has 0 N–H and O–H groups in total. The first kappa shape index (κ1) is 15.5. The zero-order valence-electron chi connectivity index (χ0n) is 11.9. The van der Waals surface area contributed by atoms with Crippen LogP contribution in [0.4, 0.5) is 0 Å². The lowest BCUT2D eigenvalue weighted by atomic mass is 10.2. The lowest BCUT2D eigenvalue weighted by Crippen LogP contribution is -2.30. The standard InChI is InChI=1S/C14H17NO5S/c1-10-8-15(21(3,17)18)9-14(10)20-13-7-5-4-6-12(13)19-11(2)16/h4-7,14H,1,8-9H2,2-3H3/t14-/m0/s1. The minimum absolute atomic E-state index is 0.200. The van der Waals surface area contributed by atoms with Gasteiger partial charge in [0.15, 0.2) is 11.5 Å². The Hall–Kier alpha value is -1.86. The summed E-state index contributed by atoms with van der Waals surface area (Å²) in [4.78, 5) is 11.1. The molecule has 0 spiro atoms. The Labute approximate surface area is 124 Å². The van der Waals surface area contributed by atoms with Gasteiger partial charge in [0.05, 0.1) is 12.8 Å². The number of ether oxygens (including phenoxy) is 2. The highest BCUT2D eigenvalue weighted by atomic mass is 32.2. The van der Waals surface area contributed by atoms with E-state index in [2.05, 4.69) is 6.58 Å². The molecule has 1 aliphatic rings. The first-order chi connectivity index (χ1) is 9.77. The highest BCUT2D eigenvalue weighted by Crippen LogP contribution is 2.30. The van der Waals surface area contributed by atoms with Crippen LogP contribution in [0.25, 0.3) is 0 Å². The average molecular weight is 311 g/mol. The van der Waals surface area contributed by atoms with Crippen molar-refractivity contribution in [2.75, 3.05) is 19.3 Å². The largest absolute Gasteiger partial charge is 0.481 e. The molecular weight excluding hydrogens is 294 g/mol. The van der Waals surface area contributed by atoms with Crippen LogP contribution in [0.1, 0.15) is 6.92 Å². The van der Waals surface area contributed by atoms with Gasteiger partial charge in [-0.25, -0.2) is 8.42 Å². The molecule has 21 heavy (non-hydrogen) atoms. The van der Waals surface area contributed by atoms with Gasteiger partial charge in [0.25, 0.3) is 0 Å². The van der Waals surface area contributed by atoms with Crippen LogP contribution in [0.3, 0.4) is 0 Å². The maximum atomic E-state index is 11.5. The lowest BCUT2D eigenvalue weighted by Gasteiger charge is -2.17. The van der Waals surface area contributed by atoms with Crippen LogP contribution < -0.4 is 9.47 Å². The summed E-state index contributed by atoms with van der Waals surface area (Å²) in [5.74, 6) is 0.235. The van der Waals surface area contributed by atoms with E-state index in [1.807, 2.05) is 0 Å². The molecule has 0 saturated carbocycles. The summed E-state index contributed by atoms with van der Waals surface area (Å²) in [7, 11) is -3.28. The third-order valence-corrected chi connectivity index (χ3v) is 4.26. The molecule has 0 unspecified atom stereocenters. The Bertz CT molecular complexity index is 668. The predicted octanol–water partition coefficient (Wildman–Crippen LogP) is 1.19. The van der Waals surface area contributed by atoms with Gasteiger partial charge < -0.3 is 9.47 Å². The molecule has 0 radical (unpaired) electrons. The Kier molecular flexibility index (Phi) is 4.34. The number of para-hydroxylation sites is 2. The van der Waals surface area contributed by atoms with E-state index in [9.17, 15) is 13.2 Å². The smallest absolute Gasteiger partial charge is 0.308 e. The minimum Gasteiger partial charge on any atom is -0.481 e. The van der Waals surface area contributed by atoms with Crippen molar-refractivity contribution in [2.24, 2.45) is 0 Å². The average Bonchev–Trinajstić information content (AvgIpc) is 2.73. The molecule has 6 nitrogen and oxygen atoms in total. The fraction of sp³-hybridized carbons (Fsp3) is 0.357.